The molecule has 4 heteroatoms. The Morgan fingerprint density at radius 1 is 1.20 bits per heavy atom. The van der Waals surface area contributed by atoms with E-state index in [4.69, 9.17) is 0 Å². The summed E-state index contributed by atoms with van der Waals surface area (Å²) >= 11 is 0. The van der Waals surface area contributed by atoms with Gasteiger partial charge in [-0.25, -0.2) is 0 Å². The molecule has 0 saturated carbocycles. The number of hydrogen-bond acceptors (Lipinski definition) is 3. The normalized spacial score (nSPS) is 18.4. The lowest BCUT2D eigenvalue weighted by atomic mass is 9.96. The molecule has 0 aromatic heterocycles. The van der Waals surface area contributed by atoms with E-state index in [9.17, 15) is 4.79 Å². The second-order valence-electron chi connectivity index (χ2n) is 7.93. The Morgan fingerprint density at radius 3 is 2.48 bits per heavy atom. The van der Waals surface area contributed by atoms with E-state index in [0.717, 1.165) is 19.5 Å². The van der Waals surface area contributed by atoms with Crippen molar-refractivity contribution in [2.24, 2.45) is 5.92 Å². The highest BCUT2D eigenvalue weighted by molar-refractivity contribution is 5.76. The van der Waals surface area contributed by atoms with Crippen LogP contribution in [0.15, 0.2) is 24.3 Å². The van der Waals surface area contributed by atoms with E-state index in [0.29, 0.717) is 18.4 Å². The molecule has 1 heterocycles. The second-order valence-corrected chi connectivity index (χ2v) is 7.93. The number of aryl methyl sites for hydroxylation is 1. The van der Waals surface area contributed by atoms with E-state index in [1.54, 1.807) is 0 Å². The van der Waals surface area contributed by atoms with Crippen molar-refractivity contribution in [1.82, 2.24) is 9.80 Å². The summed E-state index contributed by atoms with van der Waals surface area (Å²) in [5, 5.41) is 0. The number of benzene rings is 1. The number of carbonyl (C=O) groups is 1. The second kappa shape index (κ2) is 9.23. The van der Waals surface area contributed by atoms with Crippen molar-refractivity contribution in [2.75, 3.05) is 45.7 Å². The quantitative estimate of drug-likeness (QED) is 0.759. The van der Waals surface area contributed by atoms with Crippen molar-refractivity contribution in [3.63, 3.8) is 0 Å². The number of nitrogens with zero attached hydrogens (tertiary/aromatic N) is 3. The maximum atomic E-state index is 12.5. The molecule has 1 aromatic carbocycles. The van der Waals surface area contributed by atoms with Crippen LogP contribution < -0.4 is 4.90 Å². The van der Waals surface area contributed by atoms with Crippen LogP contribution >= 0.6 is 0 Å². The first kappa shape index (κ1) is 19.8. The minimum atomic E-state index is 0.262. The van der Waals surface area contributed by atoms with Crippen molar-refractivity contribution in [2.45, 2.75) is 45.6 Å². The van der Waals surface area contributed by atoms with Crippen LogP contribution in [0.25, 0.3) is 0 Å². The van der Waals surface area contributed by atoms with E-state index >= 15 is 0 Å². The molecule has 1 saturated heterocycles. The van der Waals surface area contributed by atoms with E-state index in [2.05, 4.69) is 47.9 Å². The molecular formula is C21H35N3O. The van der Waals surface area contributed by atoms with Crippen LogP contribution in [0.1, 0.15) is 38.7 Å². The van der Waals surface area contributed by atoms with Gasteiger partial charge in [0.25, 0.3) is 0 Å². The lowest BCUT2D eigenvalue weighted by Crippen LogP contribution is -2.44. The van der Waals surface area contributed by atoms with E-state index in [-0.39, 0.29) is 5.91 Å². The van der Waals surface area contributed by atoms with Gasteiger partial charge in [0.1, 0.15) is 0 Å². The average molecular weight is 346 g/mol. The number of rotatable bonds is 7. The highest BCUT2D eigenvalue weighted by Crippen LogP contribution is 2.20. The van der Waals surface area contributed by atoms with Crippen LogP contribution in [0.4, 0.5) is 5.69 Å². The average Bonchev–Trinajstić information content (AvgIpc) is 2.60. The Bertz CT molecular complexity index is 539. The molecule has 1 aliphatic rings. The van der Waals surface area contributed by atoms with Crippen LogP contribution in [0, 0.1) is 5.92 Å². The third-order valence-electron chi connectivity index (χ3n) is 5.32. The Hall–Kier alpha value is -1.55. The summed E-state index contributed by atoms with van der Waals surface area (Å²) in [6.45, 7) is 7.75. The largest absolute Gasteiger partial charge is 0.378 e. The molecular weight excluding hydrogens is 310 g/mol. The van der Waals surface area contributed by atoms with E-state index in [1.165, 1.54) is 30.6 Å². The van der Waals surface area contributed by atoms with E-state index < -0.39 is 0 Å². The first-order valence-corrected chi connectivity index (χ1v) is 9.61. The van der Waals surface area contributed by atoms with Gasteiger partial charge in [0.2, 0.25) is 5.91 Å². The molecule has 0 N–H and O–H groups in total. The van der Waals surface area contributed by atoms with Crippen LogP contribution in [0.5, 0.6) is 0 Å². The van der Waals surface area contributed by atoms with Gasteiger partial charge in [-0.3, -0.25) is 4.79 Å². The van der Waals surface area contributed by atoms with Gasteiger partial charge in [-0.15, -0.1) is 0 Å². The summed E-state index contributed by atoms with van der Waals surface area (Å²) in [4.78, 5) is 19.1. The van der Waals surface area contributed by atoms with Crippen LogP contribution in [0.2, 0.25) is 0 Å². The maximum Gasteiger partial charge on any atom is 0.222 e. The molecule has 1 aromatic rings. The summed E-state index contributed by atoms with van der Waals surface area (Å²) in [5.74, 6) is 0.878. The molecule has 0 bridgehead atoms. The van der Waals surface area contributed by atoms with Gasteiger partial charge in [0, 0.05) is 52.4 Å². The van der Waals surface area contributed by atoms with E-state index in [1.807, 2.05) is 26.0 Å². The summed E-state index contributed by atoms with van der Waals surface area (Å²) in [5.41, 5.74) is 2.43. The van der Waals surface area contributed by atoms with Gasteiger partial charge in [0.15, 0.2) is 0 Å². The molecule has 0 spiro atoms. The van der Waals surface area contributed by atoms with Crippen LogP contribution in [0.3, 0.4) is 0 Å². The third-order valence-corrected chi connectivity index (χ3v) is 5.32. The van der Waals surface area contributed by atoms with Crippen molar-refractivity contribution < 1.29 is 4.79 Å². The van der Waals surface area contributed by atoms with Crippen molar-refractivity contribution in [1.29, 1.82) is 0 Å². The Kier molecular flexibility index (Phi) is 7.30. The topological polar surface area (TPSA) is 26.8 Å². The predicted molar refractivity (Wildman–Crippen MR) is 106 cm³/mol. The smallest absolute Gasteiger partial charge is 0.222 e. The lowest BCUT2D eigenvalue weighted by molar-refractivity contribution is -0.130. The molecule has 1 aliphatic heterocycles. The zero-order valence-corrected chi connectivity index (χ0v) is 16.7. The Labute approximate surface area is 153 Å². The molecule has 0 radical (unpaired) electrons. The summed E-state index contributed by atoms with van der Waals surface area (Å²) in [6, 6.07) is 9.10. The minimum Gasteiger partial charge on any atom is -0.378 e. The molecule has 1 atom stereocenters. The highest BCUT2D eigenvalue weighted by Gasteiger charge is 2.23. The molecule has 2 rings (SSSR count). The van der Waals surface area contributed by atoms with Crippen LogP contribution in [-0.4, -0.2) is 62.5 Å². The Morgan fingerprint density at radius 2 is 1.88 bits per heavy atom. The monoisotopic (exact) mass is 345 g/mol. The van der Waals surface area contributed by atoms with Crippen molar-refractivity contribution in [3.8, 4) is 0 Å². The summed E-state index contributed by atoms with van der Waals surface area (Å²) < 4.78 is 0. The number of anilines is 1. The zero-order chi connectivity index (χ0) is 18.4. The molecule has 25 heavy (non-hydrogen) atoms. The standard InChI is InChI=1S/C21H35N3O/c1-17(2)24-14-6-7-19(16-24)15-23(5)21(25)13-10-18-8-11-20(12-9-18)22(3)4/h8-9,11-12,17,19H,6-7,10,13-16H2,1-5H3/t19-/m0/s1. The highest BCUT2D eigenvalue weighted by atomic mass is 16.2. The first-order chi connectivity index (χ1) is 11.9. The fourth-order valence-corrected chi connectivity index (χ4v) is 3.61. The lowest BCUT2D eigenvalue weighted by Gasteiger charge is -2.37. The molecule has 0 aliphatic carbocycles. The Balaban J connectivity index is 1.78. The van der Waals surface area contributed by atoms with Crippen molar-refractivity contribution in [3.05, 3.63) is 29.8 Å². The number of hydrogen-bond donors (Lipinski definition) is 0. The zero-order valence-electron chi connectivity index (χ0n) is 16.7. The fraction of sp³-hybridized carbons (Fsp3) is 0.667. The van der Waals surface area contributed by atoms with Crippen LogP contribution in [-0.2, 0) is 11.2 Å². The molecule has 4 nitrogen and oxygen atoms in total. The van der Waals surface area contributed by atoms with Gasteiger partial charge in [-0.1, -0.05) is 12.1 Å². The molecule has 140 valence electrons. The molecule has 1 amide bonds. The first-order valence-electron chi connectivity index (χ1n) is 9.61. The fourth-order valence-electron chi connectivity index (χ4n) is 3.61. The number of amides is 1. The van der Waals surface area contributed by atoms with Gasteiger partial charge < -0.3 is 14.7 Å². The van der Waals surface area contributed by atoms with Gasteiger partial charge >= 0.3 is 0 Å². The third kappa shape index (κ3) is 6.03. The number of carbonyl (C=O) groups excluding carboxylic acids is 1. The van der Waals surface area contributed by atoms with Crippen molar-refractivity contribution >= 4 is 11.6 Å². The number of piperidine rings is 1. The minimum absolute atomic E-state index is 0.262. The predicted octanol–water partition coefficient (Wildman–Crippen LogP) is 3.26. The summed E-state index contributed by atoms with van der Waals surface area (Å²) in [6.07, 6.45) is 3.91. The van der Waals surface area contributed by atoms with Gasteiger partial charge in [-0.05, 0) is 63.3 Å². The van der Waals surface area contributed by atoms with Gasteiger partial charge in [0.05, 0.1) is 0 Å². The SMILES string of the molecule is CC(C)N1CCC[C@@H](CN(C)C(=O)CCc2ccc(N(C)C)cc2)C1. The number of likely N-dealkylation sites (tertiary alicyclic amines) is 1. The maximum absolute atomic E-state index is 12.5. The summed E-state index contributed by atoms with van der Waals surface area (Å²) in [7, 11) is 6.05. The van der Waals surface area contributed by atoms with Gasteiger partial charge in [-0.2, -0.15) is 0 Å². The molecule has 0 unspecified atom stereocenters. The molecule has 1 fully saturated rings.